The van der Waals surface area contributed by atoms with Crippen LogP contribution in [-0.4, -0.2) is 17.4 Å². The molecule has 0 radical (unpaired) electrons. The van der Waals surface area contributed by atoms with E-state index >= 15 is 0 Å². The van der Waals surface area contributed by atoms with Gasteiger partial charge in [0, 0.05) is 10.2 Å². The van der Waals surface area contributed by atoms with E-state index in [2.05, 4.69) is 15.9 Å². The van der Waals surface area contributed by atoms with Gasteiger partial charge in [0.1, 0.15) is 4.88 Å². The normalized spacial score (nSPS) is 9.87. The summed E-state index contributed by atoms with van der Waals surface area (Å²) in [6.45, 7) is 3.70. The molecule has 86 valence electrons. The molecule has 5 heteroatoms. The second-order valence-corrected chi connectivity index (χ2v) is 5.12. The second-order valence-electron chi connectivity index (χ2n) is 3.16. The van der Waals surface area contributed by atoms with Crippen molar-refractivity contribution >= 4 is 50.2 Å². The van der Waals surface area contributed by atoms with Gasteiger partial charge >= 0.3 is 5.97 Å². The maximum Gasteiger partial charge on any atom is 0.348 e. The molecule has 0 unspecified atom stereocenters. The van der Waals surface area contributed by atoms with Gasteiger partial charge in [0.15, 0.2) is 0 Å². The summed E-state index contributed by atoms with van der Waals surface area (Å²) in [5.41, 5.74) is 0. The lowest BCUT2D eigenvalue weighted by Gasteiger charge is -2.05. The van der Waals surface area contributed by atoms with Crippen LogP contribution in [0.5, 0.6) is 0 Å². The molecule has 1 heterocycles. The SMILES string of the molecule is Br.CC(C)OC(=O)c1ccc(CCBr)s1. The first-order valence-electron chi connectivity index (χ1n) is 4.49. The number of hydrogen-bond acceptors (Lipinski definition) is 3. The molecule has 0 fully saturated rings. The fourth-order valence-corrected chi connectivity index (χ4v) is 2.57. The highest BCUT2D eigenvalue weighted by atomic mass is 79.9. The number of carbonyl (C=O) groups is 1. The molecule has 0 bridgehead atoms. The van der Waals surface area contributed by atoms with Crippen LogP contribution in [0.3, 0.4) is 0 Å². The predicted molar refractivity (Wildman–Crippen MR) is 72.7 cm³/mol. The topological polar surface area (TPSA) is 26.3 Å². The fraction of sp³-hybridized carbons (Fsp3) is 0.500. The first-order chi connectivity index (χ1) is 6.63. The molecule has 0 aromatic carbocycles. The van der Waals surface area contributed by atoms with Crippen LogP contribution in [0.25, 0.3) is 0 Å². The molecule has 0 atom stereocenters. The molecule has 0 aliphatic rings. The molecular formula is C10H14Br2O2S. The number of hydrogen-bond donors (Lipinski definition) is 0. The van der Waals surface area contributed by atoms with Crippen LogP contribution in [0.15, 0.2) is 12.1 Å². The number of esters is 1. The molecular weight excluding hydrogens is 344 g/mol. The molecule has 0 N–H and O–H groups in total. The minimum absolute atomic E-state index is 0. The Balaban J connectivity index is 0.00000196. The highest BCUT2D eigenvalue weighted by molar-refractivity contribution is 9.09. The van der Waals surface area contributed by atoms with Crippen molar-refractivity contribution in [1.82, 2.24) is 0 Å². The quantitative estimate of drug-likeness (QED) is 0.604. The van der Waals surface area contributed by atoms with Crippen molar-refractivity contribution in [2.45, 2.75) is 26.4 Å². The third-order valence-corrected chi connectivity index (χ3v) is 3.07. The molecule has 0 aliphatic carbocycles. The van der Waals surface area contributed by atoms with Gasteiger partial charge in [-0.2, -0.15) is 0 Å². The maximum atomic E-state index is 11.4. The van der Waals surface area contributed by atoms with E-state index in [1.807, 2.05) is 26.0 Å². The smallest absolute Gasteiger partial charge is 0.348 e. The minimum atomic E-state index is -0.217. The molecule has 2 nitrogen and oxygen atoms in total. The molecule has 0 amide bonds. The van der Waals surface area contributed by atoms with Gasteiger partial charge in [-0.05, 0) is 32.4 Å². The molecule has 0 aliphatic heterocycles. The lowest BCUT2D eigenvalue weighted by atomic mass is 10.3. The van der Waals surface area contributed by atoms with Crippen LogP contribution in [0.2, 0.25) is 0 Å². The molecule has 1 aromatic heterocycles. The standard InChI is InChI=1S/C10H13BrO2S.BrH/c1-7(2)13-10(12)9-4-3-8(14-9)5-6-11;/h3-4,7H,5-6H2,1-2H3;1H. The van der Waals surface area contributed by atoms with Crippen molar-refractivity contribution in [2.24, 2.45) is 0 Å². The Kier molecular flexibility index (Phi) is 7.48. The summed E-state index contributed by atoms with van der Waals surface area (Å²) in [5, 5.41) is 0.923. The first-order valence-corrected chi connectivity index (χ1v) is 6.43. The van der Waals surface area contributed by atoms with Gasteiger partial charge in [-0.15, -0.1) is 28.3 Å². The zero-order chi connectivity index (χ0) is 10.6. The zero-order valence-electron chi connectivity index (χ0n) is 8.66. The third-order valence-electron chi connectivity index (χ3n) is 1.55. The third kappa shape index (κ3) is 5.13. The Bertz CT molecular complexity index is 310. The molecule has 15 heavy (non-hydrogen) atoms. The maximum absolute atomic E-state index is 11.4. The van der Waals surface area contributed by atoms with Gasteiger partial charge in [-0.25, -0.2) is 4.79 Å². The van der Waals surface area contributed by atoms with E-state index in [9.17, 15) is 4.79 Å². The number of alkyl halides is 1. The number of carbonyl (C=O) groups excluding carboxylic acids is 1. The van der Waals surface area contributed by atoms with Crippen molar-refractivity contribution in [3.8, 4) is 0 Å². The van der Waals surface area contributed by atoms with Crippen LogP contribution in [-0.2, 0) is 11.2 Å². The molecule has 0 saturated carbocycles. The summed E-state index contributed by atoms with van der Waals surface area (Å²) >= 11 is 4.87. The number of thiophene rings is 1. The van der Waals surface area contributed by atoms with Crippen molar-refractivity contribution in [2.75, 3.05) is 5.33 Å². The van der Waals surface area contributed by atoms with E-state index in [0.717, 1.165) is 11.8 Å². The Morgan fingerprint density at radius 2 is 2.20 bits per heavy atom. The minimum Gasteiger partial charge on any atom is -0.459 e. The number of halogens is 2. The number of ether oxygens (including phenoxy) is 1. The van der Waals surface area contributed by atoms with E-state index in [4.69, 9.17) is 4.74 Å². The Hall–Kier alpha value is 0.130. The van der Waals surface area contributed by atoms with Crippen LogP contribution >= 0.6 is 44.2 Å². The first kappa shape index (κ1) is 15.1. The summed E-state index contributed by atoms with van der Waals surface area (Å²) in [6.07, 6.45) is 0.906. The molecule has 0 spiro atoms. The van der Waals surface area contributed by atoms with Crippen LogP contribution in [0.1, 0.15) is 28.4 Å². The average molecular weight is 358 g/mol. The van der Waals surface area contributed by atoms with Gasteiger partial charge in [-0.1, -0.05) is 15.9 Å². The van der Waals surface area contributed by atoms with Crippen LogP contribution in [0.4, 0.5) is 0 Å². The fourth-order valence-electron chi connectivity index (χ4n) is 0.987. The van der Waals surface area contributed by atoms with Crippen molar-refractivity contribution in [3.05, 3.63) is 21.9 Å². The lowest BCUT2D eigenvalue weighted by molar-refractivity contribution is 0.0384. The van der Waals surface area contributed by atoms with Crippen molar-refractivity contribution < 1.29 is 9.53 Å². The summed E-state index contributed by atoms with van der Waals surface area (Å²) in [4.78, 5) is 13.3. The molecule has 1 aromatic rings. The number of rotatable bonds is 4. The monoisotopic (exact) mass is 356 g/mol. The summed E-state index contributed by atoms with van der Waals surface area (Å²) < 4.78 is 5.09. The predicted octanol–water partition coefficient (Wildman–Crippen LogP) is 3.83. The van der Waals surface area contributed by atoms with E-state index in [-0.39, 0.29) is 29.1 Å². The van der Waals surface area contributed by atoms with Gasteiger partial charge in [0.05, 0.1) is 6.10 Å². The van der Waals surface area contributed by atoms with E-state index in [1.165, 1.54) is 16.2 Å². The highest BCUT2D eigenvalue weighted by Crippen LogP contribution is 2.19. The molecule has 0 saturated heterocycles. The second kappa shape index (κ2) is 7.41. The lowest BCUT2D eigenvalue weighted by Crippen LogP contribution is -2.09. The van der Waals surface area contributed by atoms with E-state index in [0.29, 0.717) is 4.88 Å². The Labute approximate surface area is 113 Å². The van der Waals surface area contributed by atoms with Gasteiger partial charge < -0.3 is 4.74 Å². The highest BCUT2D eigenvalue weighted by Gasteiger charge is 2.11. The van der Waals surface area contributed by atoms with Crippen molar-refractivity contribution in [3.63, 3.8) is 0 Å². The zero-order valence-corrected chi connectivity index (χ0v) is 12.8. The Morgan fingerprint density at radius 1 is 1.53 bits per heavy atom. The van der Waals surface area contributed by atoms with Gasteiger partial charge in [-0.3, -0.25) is 0 Å². The van der Waals surface area contributed by atoms with E-state index < -0.39 is 0 Å². The summed E-state index contributed by atoms with van der Waals surface area (Å²) in [6, 6.07) is 3.80. The Morgan fingerprint density at radius 3 is 2.73 bits per heavy atom. The number of aryl methyl sites for hydroxylation is 1. The largest absolute Gasteiger partial charge is 0.459 e. The van der Waals surface area contributed by atoms with E-state index in [1.54, 1.807) is 0 Å². The molecule has 1 rings (SSSR count). The average Bonchev–Trinajstić information content (AvgIpc) is 2.52. The van der Waals surface area contributed by atoms with Crippen molar-refractivity contribution in [1.29, 1.82) is 0 Å². The van der Waals surface area contributed by atoms with Crippen LogP contribution < -0.4 is 0 Å². The van der Waals surface area contributed by atoms with Gasteiger partial charge in [0.2, 0.25) is 0 Å². The van der Waals surface area contributed by atoms with Crippen LogP contribution in [0, 0.1) is 0 Å². The summed E-state index contributed by atoms with van der Waals surface area (Å²) in [5.74, 6) is -0.217. The summed E-state index contributed by atoms with van der Waals surface area (Å²) in [7, 11) is 0. The van der Waals surface area contributed by atoms with Gasteiger partial charge in [0.25, 0.3) is 0 Å².